The molecule has 1 aromatic rings. The van der Waals surface area contributed by atoms with Crippen LogP contribution in [0, 0.1) is 0 Å². The molecule has 8 heteroatoms. The number of carbonyl (C=O) groups excluding carboxylic acids is 3. The third kappa shape index (κ3) is 8.76. The number of benzene rings is 1. The van der Waals surface area contributed by atoms with E-state index < -0.39 is 18.1 Å². The lowest BCUT2D eigenvalue weighted by molar-refractivity contribution is -0.137. The van der Waals surface area contributed by atoms with Gasteiger partial charge in [-0.3, -0.25) is 0 Å². The van der Waals surface area contributed by atoms with Gasteiger partial charge in [0.1, 0.15) is 12.4 Å². The fourth-order valence-electron chi connectivity index (χ4n) is 1.41. The Kier molecular flexibility index (Phi) is 8.35. The smallest absolute Gasteiger partial charge is 0.412 e. The molecule has 0 atom stereocenters. The Hall–Kier alpha value is -3.03. The number of ether oxygens (including phenoxy) is 2. The first-order chi connectivity index (χ1) is 11.1. The fraction of sp³-hybridized carbons (Fsp3) is 0.267. The minimum Gasteiger partial charge on any atom is -0.461 e. The van der Waals surface area contributed by atoms with E-state index in [1.807, 2.05) is 6.07 Å². The van der Waals surface area contributed by atoms with E-state index in [1.165, 1.54) is 0 Å². The van der Waals surface area contributed by atoms with Crippen molar-refractivity contribution in [1.29, 1.82) is 0 Å². The fourth-order valence-corrected chi connectivity index (χ4v) is 1.41. The molecule has 0 unspecified atom stereocenters. The lowest BCUT2D eigenvalue weighted by atomic mass is 10.3. The maximum atomic E-state index is 11.4. The van der Waals surface area contributed by atoms with Gasteiger partial charge in [0.05, 0.1) is 6.54 Å². The highest BCUT2D eigenvalue weighted by Gasteiger charge is 2.04. The molecule has 0 aliphatic rings. The van der Waals surface area contributed by atoms with Crippen LogP contribution in [0.3, 0.4) is 0 Å². The minimum absolute atomic E-state index is 0.0555. The molecule has 3 N–H and O–H groups in total. The van der Waals surface area contributed by atoms with Gasteiger partial charge in [0.25, 0.3) is 0 Å². The molecule has 0 saturated carbocycles. The molecule has 1 aromatic carbocycles. The Morgan fingerprint density at radius 1 is 1.00 bits per heavy atom. The summed E-state index contributed by atoms with van der Waals surface area (Å²) in [6.45, 7) is 3.91. The summed E-state index contributed by atoms with van der Waals surface area (Å²) in [5.41, 5.74) is 0. The van der Waals surface area contributed by atoms with Crippen molar-refractivity contribution in [3.8, 4) is 5.75 Å². The number of para-hydroxylation sites is 1. The van der Waals surface area contributed by atoms with Gasteiger partial charge in [-0.05, 0) is 12.1 Å². The zero-order valence-corrected chi connectivity index (χ0v) is 12.5. The van der Waals surface area contributed by atoms with Crippen molar-refractivity contribution < 1.29 is 23.9 Å². The third-order valence-electron chi connectivity index (χ3n) is 2.43. The van der Waals surface area contributed by atoms with Crippen LogP contribution in [0.15, 0.2) is 43.0 Å². The number of carbonyl (C=O) groups is 3. The monoisotopic (exact) mass is 321 g/mol. The number of amides is 3. The highest BCUT2D eigenvalue weighted by atomic mass is 16.6. The summed E-state index contributed by atoms with van der Waals surface area (Å²) >= 11 is 0. The second-order valence-electron chi connectivity index (χ2n) is 4.18. The molecule has 3 amide bonds. The van der Waals surface area contributed by atoms with E-state index in [2.05, 4.69) is 27.3 Å². The Labute approximate surface area is 133 Å². The normalized spacial score (nSPS) is 9.39. The maximum absolute atomic E-state index is 11.4. The summed E-state index contributed by atoms with van der Waals surface area (Å²) in [5.74, 6) is -0.113. The van der Waals surface area contributed by atoms with Gasteiger partial charge in [0, 0.05) is 19.2 Å². The maximum Gasteiger partial charge on any atom is 0.412 e. The number of hydrogen-bond acceptors (Lipinski definition) is 5. The molecule has 23 heavy (non-hydrogen) atoms. The largest absolute Gasteiger partial charge is 0.461 e. The van der Waals surface area contributed by atoms with Crippen molar-refractivity contribution in [2.45, 2.75) is 0 Å². The van der Waals surface area contributed by atoms with Gasteiger partial charge in [-0.25, -0.2) is 14.4 Å². The predicted molar refractivity (Wildman–Crippen MR) is 83.0 cm³/mol. The number of nitrogens with one attached hydrogen (secondary N) is 3. The summed E-state index contributed by atoms with van der Waals surface area (Å²) in [5, 5.41) is 7.50. The molecule has 0 radical (unpaired) electrons. The lowest BCUT2D eigenvalue weighted by Gasteiger charge is -2.09. The van der Waals surface area contributed by atoms with Crippen molar-refractivity contribution in [2.24, 2.45) is 0 Å². The molecular formula is C15H19N3O5. The molecule has 8 nitrogen and oxygen atoms in total. The van der Waals surface area contributed by atoms with Crippen LogP contribution in [-0.4, -0.2) is 44.3 Å². The summed E-state index contributed by atoms with van der Waals surface area (Å²) in [6.07, 6.45) is 0.440. The van der Waals surface area contributed by atoms with Crippen LogP contribution in [0.25, 0.3) is 0 Å². The number of hydrogen-bond donors (Lipinski definition) is 3. The van der Waals surface area contributed by atoms with Gasteiger partial charge >= 0.3 is 18.1 Å². The van der Waals surface area contributed by atoms with Crippen molar-refractivity contribution in [2.75, 3.05) is 26.2 Å². The van der Waals surface area contributed by atoms with Gasteiger partial charge < -0.3 is 25.4 Å². The second kappa shape index (κ2) is 10.7. The van der Waals surface area contributed by atoms with Gasteiger partial charge in [-0.15, -0.1) is 0 Å². The number of rotatable bonds is 8. The van der Waals surface area contributed by atoms with Crippen LogP contribution < -0.4 is 20.7 Å². The standard InChI is InChI=1S/C15H19N3O5/c1-2-13(19)22-11-10-17-14(20)16-8-9-18-15(21)23-12-6-4-3-5-7-12/h2-7H,1,8-11H2,(H,18,21)(H2,16,17,20). The van der Waals surface area contributed by atoms with Crippen LogP contribution in [0.2, 0.25) is 0 Å². The topological polar surface area (TPSA) is 106 Å². The zero-order valence-electron chi connectivity index (χ0n) is 12.5. The van der Waals surface area contributed by atoms with E-state index in [4.69, 9.17) is 4.74 Å². The molecular weight excluding hydrogens is 302 g/mol. The van der Waals surface area contributed by atoms with Crippen molar-refractivity contribution >= 4 is 18.1 Å². The summed E-state index contributed by atoms with van der Waals surface area (Å²) in [7, 11) is 0. The van der Waals surface area contributed by atoms with E-state index in [9.17, 15) is 14.4 Å². The Morgan fingerprint density at radius 3 is 2.35 bits per heavy atom. The molecule has 0 saturated heterocycles. The van der Waals surface area contributed by atoms with Crippen LogP contribution in [-0.2, 0) is 9.53 Å². The molecule has 124 valence electrons. The number of urea groups is 1. The van der Waals surface area contributed by atoms with Gasteiger partial charge in [-0.2, -0.15) is 0 Å². The average molecular weight is 321 g/mol. The number of esters is 1. The minimum atomic E-state index is -0.602. The zero-order chi connectivity index (χ0) is 16.9. The van der Waals surface area contributed by atoms with E-state index in [-0.39, 0.29) is 26.2 Å². The molecule has 0 heterocycles. The van der Waals surface area contributed by atoms with E-state index in [0.29, 0.717) is 5.75 Å². The first-order valence-corrected chi connectivity index (χ1v) is 6.93. The first-order valence-electron chi connectivity index (χ1n) is 6.93. The van der Waals surface area contributed by atoms with Crippen LogP contribution in [0.4, 0.5) is 9.59 Å². The Bertz CT molecular complexity index is 533. The SMILES string of the molecule is C=CC(=O)OCCNC(=O)NCCNC(=O)Oc1ccccc1. The molecule has 0 spiro atoms. The second-order valence-corrected chi connectivity index (χ2v) is 4.18. The van der Waals surface area contributed by atoms with E-state index in [0.717, 1.165) is 6.08 Å². The third-order valence-corrected chi connectivity index (χ3v) is 2.43. The molecule has 0 aromatic heterocycles. The highest BCUT2D eigenvalue weighted by molar-refractivity contribution is 5.81. The Morgan fingerprint density at radius 2 is 1.65 bits per heavy atom. The lowest BCUT2D eigenvalue weighted by Crippen LogP contribution is -2.41. The Balaban J connectivity index is 2.03. The summed E-state index contributed by atoms with van der Waals surface area (Å²) < 4.78 is 9.68. The van der Waals surface area contributed by atoms with Crippen molar-refractivity contribution in [3.05, 3.63) is 43.0 Å². The van der Waals surface area contributed by atoms with E-state index in [1.54, 1.807) is 24.3 Å². The van der Waals surface area contributed by atoms with Crippen LogP contribution >= 0.6 is 0 Å². The average Bonchev–Trinajstić information content (AvgIpc) is 2.56. The van der Waals surface area contributed by atoms with Crippen molar-refractivity contribution in [3.63, 3.8) is 0 Å². The van der Waals surface area contributed by atoms with Gasteiger partial charge in [0.2, 0.25) is 0 Å². The van der Waals surface area contributed by atoms with Crippen LogP contribution in [0.1, 0.15) is 0 Å². The van der Waals surface area contributed by atoms with Crippen molar-refractivity contribution in [1.82, 2.24) is 16.0 Å². The molecule has 0 aliphatic heterocycles. The molecule has 0 bridgehead atoms. The van der Waals surface area contributed by atoms with Gasteiger partial charge in [-0.1, -0.05) is 24.8 Å². The first kappa shape index (κ1) is 18.0. The highest BCUT2D eigenvalue weighted by Crippen LogP contribution is 2.07. The quantitative estimate of drug-likeness (QED) is 0.373. The van der Waals surface area contributed by atoms with E-state index >= 15 is 0 Å². The predicted octanol–water partition coefficient (Wildman–Crippen LogP) is 0.803. The molecule has 0 aliphatic carbocycles. The molecule has 1 rings (SSSR count). The molecule has 0 fully saturated rings. The summed E-state index contributed by atoms with van der Waals surface area (Å²) in [6, 6.07) is 8.19. The van der Waals surface area contributed by atoms with Crippen LogP contribution in [0.5, 0.6) is 5.75 Å². The summed E-state index contributed by atoms with van der Waals surface area (Å²) in [4.78, 5) is 33.5. The van der Waals surface area contributed by atoms with Gasteiger partial charge in [0.15, 0.2) is 0 Å².